The van der Waals surface area contributed by atoms with Crippen LogP contribution in [-0.2, 0) is 17.6 Å². The monoisotopic (exact) mass is 294 g/mol. The van der Waals surface area contributed by atoms with Crippen molar-refractivity contribution >= 4 is 29.0 Å². The van der Waals surface area contributed by atoms with E-state index in [-0.39, 0.29) is 28.0 Å². The van der Waals surface area contributed by atoms with Crippen molar-refractivity contribution in [2.75, 3.05) is 0 Å². The molecular weight excluding hydrogens is 283 g/mol. The lowest BCUT2D eigenvalue weighted by atomic mass is 10.0. The van der Waals surface area contributed by atoms with Gasteiger partial charge >= 0.3 is 0 Å². The molecule has 19 heavy (non-hydrogen) atoms. The molecule has 4 heteroatoms. The Morgan fingerprint density at radius 3 is 2.05 bits per heavy atom. The summed E-state index contributed by atoms with van der Waals surface area (Å²) in [6.45, 7) is 0. The average Bonchev–Trinajstić information content (AvgIpc) is 2.37. The number of hydrogen-bond acceptors (Lipinski definition) is 2. The van der Waals surface area contributed by atoms with Gasteiger partial charge in [0.2, 0.25) is 0 Å². The Bertz CT molecular complexity index is 571. The Labute approximate surface area is 121 Å². The topological polar surface area (TPSA) is 37.3 Å². The van der Waals surface area contributed by atoms with Gasteiger partial charge in [0, 0.05) is 12.8 Å². The molecule has 0 saturated carbocycles. The van der Waals surface area contributed by atoms with Crippen molar-refractivity contribution in [3.63, 3.8) is 0 Å². The van der Waals surface area contributed by atoms with E-state index in [1.165, 1.54) is 0 Å². The fraction of sp³-hybridized carbons (Fsp3) is 0.133. The highest BCUT2D eigenvalue weighted by atomic mass is 35.5. The van der Waals surface area contributed by atoms with Crippen LogP contribution >= 0.6 is 23.2 Å². The molecule has 0 bridgehead atoms. The first-order valence-corrected chi connectivity index (χ1v) is 6.54. The minimum atomic E-state index is -0.150. The number of halogens is 2. The second kappa shape index (κ2) is 6.09. The van der Waals surface area contributed by atoms with Gasteiger partial charge in [-0.1, -0.05) is 53.5 Å². The van der Waals surface area contributed by atoms with Crippen LogP contribution in [-0.4, -0.2) is 10.9 Å². The summed E-state index contributed by atoms with van der Waals surface area (Å²) in [5, 5.41) is 9.78. The van der Waals surface area contributed by atoms with Gasteiger partial charge in [-0.25, -0.2) is 0 Å². The lowest BCUT2D eigenvalue weighted by Gasteiger charge is -2.05. The van der Waals surface area contributed by atoms with Crippen LogP contribution in [0.4, 0.5) is 0 Å². The van der Waals surface area contributed by atoms with Crippen LogP contribution in [0.25, 0.3) is 0 Å². The second-order valence-corrected chi connectivity index (χ2v) is 5.10. The Morgan fingerprint density at radius 2 is 1.47 bits per heavy atom. The molecule has 0 aliphatic rings. The minimum absolute atomic E-state index is 0.0732. The van der Waals surface area contributed by atoms with Crippen molar-refractivity contribution in [3.05, 3.63) is 63.6 Å². The number of Topliss-reactive ketones (excluding diaryl/α,β-unsaturated/α-hetero) is 1. The van der Waals surface area contributed by atoms with Crippen LogP contribution in [0.1, 0.15) is 11.1 Å². The molecule has 0 amide bonds. The third kappa shape index (κ3) is 3.72. The summed E-state index contributed by atoms with van der Waals surface area (Å²) in [5.74, 6) is -0.0772. The standard InChI is InChI=1S/C15H12Cl2O2/c16-13-8-11(9-14(17)15(13)19)7-12(18)6-10-4-2-1-3-5-10/h1-5,8-9,19H,6-7H2. The number of benzene rings is 2. The van der Waals surface area contributed by atoms with Gasteiger partial charge in [-0.2, -0.15) is 0 Å². The molecule has 98 valence electrons. The first-order chi connectivity index (χ1) is 9.06. The summed E-state index contributed by atoms with van der Waals surface area (Å²) in [7, 11) is 0. The van der Waals surface area contributed by atoms with E-state index in [9.17, 15) is 9.90 Å². The molecule has 0 aliphatic heterocycles. The van der Waals surface area contributed by atoms with Gasteiger partial charge in [-0.15, -0.1) is 0 Å². The Hall–Kier alpha value is -1.51. The highest BCUT2D eigenvalue weighted by Gasteiger charge is 2.10. The highest BCUT2D eigenvalue weighted by molar-refractivity contribution is 6.37. The van der Waals surface area contributed by atoms with Crippen molar-refractivity contribution in [1.82, 2.24) is 0 Å². The van der Waals surface area contributed by atoms with Crippen LogP contribution in [0.3, 0.4) is 0 Å². The Kier molecular flexibility index (Phi) is 4.46. The van der Waals surface area contributed by atoms with Crippen molar-refractivity contribution in [1.29, 1.82) is 0 Å². The maximum Gasteiger partial charge on any atom is 0.152 e. The van der Waals surface area contributed by atoms with E-state index in [4.69, 9.17) is 23.2 Å². The number of ketones is 1. The quantitative estimate of drug-likeness (QED) is 0.923. The number of carbonyl (C=O) groups is 1. The van der Waals surface area contributed by atoms with E-state index in [0.717, 1.165) is 5.56 Å². The predicted molar refractivity (Wildman–Crippen MR) is 77.0 cm³/mol. The number of hydrogen-bond donors (Lipinski definition) is 1. The molecule has 0 radical (unpaired) electrons. The van der Waals surface area contributed by atoms with Crippen molar-refractivity contribution in [2.45, 2.75) is 12.8 Å². The molecule has 0 unspecified atom stereocenters. The summed E-state index contributed by atoms with van der Waals surface area (Å²) >= 11 is 11.6. The average molecular weight is 295 g/mol. The first kappa shape index (κ1) is 13.9. The number of aromatic hydroxyl groups is 1. The molecule has 0 heterocycles. The normalized spacial score (nSPS) is 10.4. The molecule has 2 rings (SSSR count). The van der Waals surface area contributed by atoms with Crippen molar-refractivity contribution in [2.24, 2.45) is 0 Å². The van der Waals surface area contributed by atoms with Gasteiger partial charge in [-0.3, -0.25) is 4.79 Å². The van der Waals surface area contributed by atoms with Crippen LogP contribution in [0.5, 0.6) is 5.75 Å². The molecule has 2 nitrogen and oxygen atoms in total. The zero-order chi connectivity index (χ0) is 13.8. The maximum absolute atomic E-state index is 11.9. The molecule has 0 fully saturated rings. The van der Waals surface area contributed by atoms with Crippen LogP contribution < -0.4 is 0 Å². The van der Waals surface area contributed by atoms with E-state index >= 15 is 0 Å². The molecule has 0 aliphatic carbocycles. The van der Waals surface area contributed by atoms with Crippen LogP contribution in [0, 0.1) is 0 Å². The zero-order valence-electron chi connectivity index (χ0n) is 10.1. The third-order valence-corrected chi connectivity index (χ3v) is 3.30. The lowest BCUT2D eigenvalue weighted by molar-refractivity contribution is -0.117. The molecule has 0 spiro atoms. The molecular formula is C15H12Cl2O2. The summed E-state index contributed by atoms with van der Waals surface area (Å²) in [5.41, 5.74) is 1.68. The Balaban J connectivity index is 2.07. The van der Waals surface area contributed by atoms with E-state index in [1.807, 2.05) is 30.3 Å². The first-order valence-electron chi connectivity index (χ1n) is 5.79. The summed E-state index contributed by atoms with van der Waals surface area (Å²) in [6, 6.07) is 12.7. The van der Waals surface area contributed by atoms with E-state index in [0.29, 0.717) is 12.0 Å². The zero-order valence-corrected chi connectivity index (χ0v) is 11.6. The smallest absolute Gasteiger partial charge is 0.152 e. The van der Waals surface area contributed by atoms with E-state index < -0.39 is 0 Å². The van der Waals surface area contributed by atoms with Crippen molar-refractivity contribution < 1.29 is 9.90 Å². The summed E-state index contributed by atoms with van der Waals surface area (Å²) in [4.78, 5) is 11.9. The molecule has 2 aromatic carbocycles. The van der Waals surface area contributed by atoms with Crippen molar-refractivity contribution in [3.8, 4) is 5.75 Å². The molecule has 2 aromatic rings. The SMILES string of the molecule is O=C(Cc1ccccc1)Cc1cc(Cl)c(O)c(Cl)c1. The Morgan fingerprint density at radius 1 is 0.947 bits per heavy atom. The number of phenols is 1. The molecule has 1 N–H and O–H groups in total. The van der Waals surface area contributed by atoms with Gasteiger partial charge in [-0.05, 0) is 23.3 Å². The molecule has 0 saturated heterocycles. The van der Waals surface area contributed by atoms with E-state index in [2.05, 4.69) is 0 Å². The lowest BCUT2D eigenvalue weighted by Crippen LogP contribution is -2.06. The number of rotatable bonds is 4. The van der Waals surface area contributed by atoms with Gasteiger partial charge in [0.15, 0.2) is 5.75 Å². The van der Waals surface area contributed by atoms with Gasteiger partial charge in [0.1, 0.15) is 5.78 Å². The summed E-state index contributed by atoms with van der Waals surface area (Å²) in [6.07, 6.45) is 0.617. The molecule has 0 aromatic heterocycles. The van der Waals surface area contributed by atoms with Gasteiger partial charge < -0.3 is 5.11 Å². The van der Waals surface area contributed by atoms with Crippen LogP contribution in [0.15, 0.2) is 42.5 Å². The number of carbonyl (C=O) groups excluding carboxylic acids is 1. The third-order valence-electron chi connectivity index (χ3n) is 2.72. The van der Waals surface area contributed by atoms with Gasteiger partial charge in [0.25, 0.3) is 0 Å². The molecule has 0 atom stereocenters. The summed E-state index contributed by atoms with van der Waals surface area (Å²) < 4.78 is 0. The highest BCUT2D eigenvalue weighted by Crippen LogP contribution is 2.32. The second-order valence-electron chi connectivity index (χ2n) is 4.29. The number of phenolic OH excluding ortho intramolecular Hbond substituents is 1. The predicted octanol–water partition coefficient (Wildman–Crippen LogP) is 4.05. The van der Waals surface area contributed by atoms with Gasteiger partial charge in [0.05, 0.1) is 10.0 Å². The maximum atomic E-state index is 11.9. The van der Waals surface area contributed by atoms with Crippen LogP contribution in [0.2, 0.25) is 10.0 Å². The van der Waals surface area contributed by atoms with E-state index in [1.54, 1.807) is 12.1 Å². The fourth-order valence-corrected chi connectivity index (χ4v) is 2.37. The minimum Gasteiger partial charge on any atom is -0.505 e. The fourth-order valence-electron chi connectivity index (χ4n) is 1.83. The largest absolute Gasteiger partial charge is 0.505 e.